The van der Waals surface area contributed by atoms with E-state index in [9.17, 15) is 18.6 Å². The largest absolute Gasteiger partial charge is 0.508 e. The van der Waals surface area contributed by atoms with Crippen molar-refractivity contribution in [1.29, 1.82) is 0 Å². The minimum atomic E-state index is -3.71. The smallest absolute Gasteiger partial charge is 0.236 e. The molecule has 0 heterocycles. The fourth-order valence-electron chi connectivity index (χ4n) is 1.26. The molecule has 0 aliphatic heterocycles. The highest BCUT2D eigenvalue weighted by atomic mass is 35.7. The molecule has 1 aromatic carbocycles. The zero-order chi connectivity index (χ0) is 11.6. The molecule has 0 aromatic heterocycles. The maximum Gasteiger partial charge on any atom is 0.236 e. The van der Waals surface area contributed by atoms with Crippen LogP contribution in [0.5, 0.6) is 11.5 Å². The zero-order valence-corrected chi connectivity index (χ0v) is 9.64. The third-order valence-electron chi connectivity index (χ3n) is 1.99. The number of phenols is 2. The number of halogens is 1. The van der Waals surface area contributed by atoms with Crippen molar-refractivity contribution in [2.75, 3.05) is 0 Å². The highest BCUT2D eigenvalue weighted by Gasteiger charge is 2.13. The first kappa shape index (κ1) is 12.1. The lowest BCUT2D eigenvalue weighted by molar-refractivity contribution is 0.443. The average molecular weight is 251 g/mol. The highest BCUT2D eigenvalue weighted by Crippen LogP contribution is 2.29. The molecule has 1 rings (SSSR count). The fraction of sp³-hybridized carbons (Fsp3) is 0.333. The van der Waals surface area contributed by atoms with Crippen molar-refractivity contribution < 1.29 is 18.6 Å². The molecule has 0 bridgehead atoms. The summed E-state index contributed by atoms with van der Waals surface area (Å²) in [5.74, 6) is -0.770. The summed E-state index contributed by atoms with van der Waals surface area (Å²) in [5, 5.41) is 18.8. The van der Waals surface area contributed by atoms with Crippen molar-refractivity contribution in [3.63, 3.8) is 0 Å². The van der Waals surface area contributed by atoms with E-state index in [2.05, 4.69) is 0 Å². The normalized spacial score (nSPS) is 11.6. The van der Waals surface area contributed by atoms with Gasteiger partial charge in [0, 0.05) is 22.3 Å². The van der Waals surface area contributed by atoms with Gasteiger partial charge in [-0.2, -0.15) is 0 Å². The summed E-state index contributed by atoms with van der Waals surface area (Å²) in [6, 6.07) is 2.56. The molecule has 1 aromatic rings. The van der Waals surface area contributed by atoms with Crippen LogP contribution >= 0.6 is 10.7 Å². The summed E-state index contributed by atoms with van der Waals surface area (Å²) in [4.78, 5) is 0. The van der Waals surface area contributed by atoms with Crippen LogP contribution in [-0.2, 0) is 21.2 Å². The van der Waals surface area contributed by atoms with Gasteiger partial charge >= 0.3 is 0 Å². The minimum absolute atomic E-state index is 0.0503. The van der Waals surface area contributed by atoms with Gasteiger partial charge in [-0.15, -0.1) is 0 Å². The van der Waals surface area contributed by atoms with Gasteiger partial charge in [-0.1, -0.05) is 6.92 Å². The van der Waals surface area contributed by atoms with Crippen LogP contribution in [0.1, 0.15) is 18.1 Å². The third-order valence-corrected chi connectivity index (χ3v) is 2.97. The van der Waals surface area contributed by atoms with Crippen LogP contribution in [0, 0.1) is 0 Å². The molecule has 0 amide bonds. The van der Waals surface area contributed by atoms with Gasteiger partial charge in [0.15, 0.2) is 0 Å². The number of benzene rings is 1. The molecule has 0 atom stereocenters. The van der Waals surface area contributed by atoms with E-state index in [1.165, 1.54) is 6.07 Å². The van der Waals surface area contributed by atoms with E-state index in [1.54, 1.807) is 0 Å². The van der Waals surface area contributed by atoms with Crippen LogP contribution < -0.4 is 0 Å². The second kappa shape index (κ2) is 4.28. The Hall–Kier alpha value is -0.940. The second-order valence-corrected chi connectivity index (χ2v) is 5.92. The lowest BCUT2D eigenvalue weighted by atomic mass is 10.1. The number of phenolic OH excluding ortho intramolecular Hbond substituents is 2. The highest BCUT2D eigenvalue weighted by molar-refractivity contribution is 8.13. The molecule has 84 valence electrons. The first-order valence-corrected chi connectivity index (χ1v) is 6.77. The van der Waals surface area contributed by atoms with Gasteiger partial charge in [0.25, 0.3) is 0 Å². The number of aromatic hydroxyl groups is 2. The van der Waals surface area contributed by atoms with E-state index in [0.29, 0.717) is 12.0 Å². The molecule has 0 spiro atoms. The number of aryl methyl sites for hydroxylation is 1. The Morgan fingerprint density at radius 2 is 1.73 bits per heavy atom. The number of hydrogen-bond acceptors (Lipinski definition) is 4. The van der Waals surface area contributed by atoms with Crippen molar-refractivity contribution >= 4 is 19.7 Å². The van der Waals surface area contributed by atoms with Crippen molar-refractivity contribution in [2.24, 2.45) is 0 Å². The van der Waals surface area contributed by atoms with Crippen molar-refractivity contribution in [3.05, 3.63) is 23.3 Å². The lowest BCUT2D eigenvalue weighted by Crippen LogP contribution is -1.97. The Bertz CT molecular complexity index is 467. The third kappa shape index (κ3) is 3.28. The molecule has 0 aliphatic rings. The Kier molecular flexibility index (Phi) is 3.46. The van der Waals surface area contributed by atoms with Crippen LogP contribution in [0.4, 0.5) is 0 Å². The molecule has 6 heteroatoms. The molecular weight excluding hydrogens is 240 g/mol. The molecule has 0 aliphatic carbocycles. The topological polar surface area (TPSA) is 74.6 Å². The molecule has 0 fully saturated rings. The Labute approximate surface area is 92.5 Å². The maximum absolute atomic E-state index is 10.8. The fourth-order valence-corrected chi connectivity index (χ4v) is 2.21. The zero-order valence-electron chi connectivity index (χ0n) is 8.07. The molecule has 15 heavy (non-hydrogen) atoms. The van der Waals surface area contributed by atoms with Crippen LogP contribution in [0.25, 0.3) is 0 Å². The van der Waals surface area contributed by atoms with E-state index in [1.807, 2.05) is 6.92 Å². The van der Waals surface area contributed by atoms with E-state index in [4.69, 9.17) is 10.7 Å². The van der Waals surface area contributed by atoms with Crippen LogP contribution in [-0.4, -0.2) is 18.6 Å². The van der Waals surface area contributed by atoms with E-state index < -0.39 is 14.8 Å². The predicted molar refractivity (Wildman–Crippen MR) is 57.6 cm³/mol. The van der Waals surface area contributed by atoms with Gasteiger partial charge < -0.3 is 10.2 Å². The first-order chi connectivity index (χ1) is 6.83. The Morgan fingerprint density at radius 1 is 1.20 bits per heavy atom. The quantitative estimate of drug-likeness (QED) is 0.802. The Balaban J connectivity index is 3.19. The van der Waals surface area contributed by atoms with Crippen molar-refractivity contribution in [1.82, 2.24) is 0 Å². The summed E-state index contributed by atoms with van der Waals surface area (Å²) < 4.78 is 21.7. The maximum atomic E-state index is 10.8. The lowest BCUT2D eigenvalue weighted by Gasteiger charge is -2.07. The van der Waals surface area contributed by atoms with Gasteiger partial charge in [0.05, 0.1) is 5.75 Å². The Morgan fingerprint density at radius 3 is 2.20 bits per heavy atom. The average Bonchev–Trinajstić information content (AvgIpc) is 2.07. The summed E-state index contributed by atoms with van der Waals surface area (Å²) >= 11 is 0. The van der Waals surface area contributed by atoms with Crippen molar-refractivity contribution in [3.8, 4) is 11.5 Å². The molecule has 0 saturated heterocycles. The number of rotatable bonds is 3. The molecule has 2 N–H and O–H groups in total. The van der Waals surface area contributed by atoms with E-state index >= 15 is 0 Å². The second-order valence-electron chi connectivity index (χ2n) is 3.15. The van der Waals surface area contributed by atoms with Crippen LogP contribution in [0.3, 0.4) is 0 Å². The van der Waals surface area contributed by atoms with Crippen molar-refractivity contribution in [2.45, 2.75) is 19.1 Å². The molecule has 0 unspecified atom stereocenters. The van der Waals surface area contributed by atoms with Crippen LogP contribution in [0.2, 0.25) is 0 Å². The molecule has 0 saturated carbocycles. The summed E-state index contributed by atoms with van der Waals surface area (Å²) in [6.45, 7) is 1.81. The summed E-state index contributed by atoms with van der Waals surface area (Å²) in [7, 11) is 1.37. The minimum Gasteiger partial charge on any atom is -0.508 e. The van der Waals surface area contributed by atoms with E-state index in [-0.39, 0.29) is 17.1 Å². The van der Waals surface area contributed by atoms with E-state index in [0.717, 1.165) is 6.07 Å². The first-order valence-electron chi connectivity index (χ1n) is 4.29. The van der Waals surface area contributed by atoms with Gasteiger partial charge in [-0.25, -0.2) is 8.42 Å². The molecule has 4 nitrogen and oxygen atoms in total. The summed E-state index contributed by atoms with van der Waals surface area (Å²) in [5.41, 5.74) is 0.766. The molecule has 0 radical (unpaired) electrons. The predicted octanol–water partition coefficient (Wildman–Crippen LogP) is 1.73. The van der Waals surface area contributed by atoms with Gasteiger partial charge in [0.2, 0.25) is 9.05 Å². The summed E-state index contributed by atoms with van der Waals surface area (Å²) in [6.07, 6.45) is 0.543. The standard InChI is InChI=1S/C9H11ClO4S/c1-2-6-3-7(5-15(10,13)14)9(12)4-8(6)11/h3-4,11-12H,2,5H2,1H3. The van der Waals surface area contributed by atoms with Gasteiger partial charge in [0.1, 0.15) is 11.5 Å². The van der Waals surface area contributed by atoms with Gasteiger partial charge in [-0.3, -0.25) is 0 Å². The van der Waals surface area contributed by atoms with Crippen LogP contribution in [0.15, 0.2) is 12.1 Å². The van der Waals surface area contributed by atoms with Gasteiger partial charge in [-0.05, 0) is 18.1 Å². The SMILES string of the molecule is CCc1cc(CS(=O)(=O)Cl)c(O)cc1O. The number of hydrogen-bond donors (Lipinski definition) is 2. The molecular formula is C9H11ClO4S. The monoisotopic (exact) mass is 250 g/mol.